The Bertz CT molecular complexity index is 886. The number of nitrogens with one attached hydrogen (secondary N) is 1. The molecule has 0 saturated carbocycles. The molecule has 1 aromatic heterocycles. The Kier molecular flexibility index (Phi) is 6.61. The van der Waals surface area contributed by atoms with Crippen LogP contribution >= 0.6 is 0 Å². The van der Waals surface area contributed by atoms with Gasteiger partial charge >= 0.3 is 0 Å². The van der Waals surface area contributed by atoms with Crippen LogP contribution < -0.4 is 5.32 Å². The fourth-order valence-electron chi connectivity index (χ4n) is 2.98. The number of aromatic nitrogens is 1. The van der Waals surface area contributed by atoms with Crippen molar-refractivity contribution < 1.29 is 9.21 Å². The van der Waals surface area contributed by atoms with Crippen LogP contribution in [0.1, 0.15) is 46.9 Å². The Hall–Kier alpha value is -2.92. The van der Waals surface area contributed by atoms with Crippen molar-refractivity contribution >= 4 is 5.91 Å². The summed E-state index contributed by atoms with van der Waals surface area (Å²) < 4.78 is 5.58. The van der Waals surface area contributed by atoms with Gasteiger partial charge in [-0.05, 0) is 31.9 Å². The molecule has 28 heavy (non-hydrogen) atoms. The van der Waals surface area contributed by atoms with Crippen LogP contribution in [0.2, 0.25) is 0 Å². The molecule has 2 aromatic carbocycles. The number of carbonyl (C=O) groups is 1. The number of amides is 1. The molecule has 0 radical (unpaired) electrons. The molecule has 3 aromatic rings. The maximum Gasteiger partial charge on any atom is 0.273 e. The minimum absolute atomic E-state index is 0.0590. The van der Waals surface area contributed by atoms with Gasteiger partial charge in [-0.1, -0.05) is 60.2 Å². The average Bonchev–Trinajstić information content (AvgIpc) is 3.12. The standard InChI is InChI=1S/C23H27N3O2/c1-17(2)24-23(27)21-16-28-22(25-21)15-26(13-19-7-5-4-6-8-19)14-20-11-9-18(3)10-12-20/h4-12,16-17H,13-15H2,1-3H3,(H,24,27). The van der Waals surface area contributed by atoms with Gasteiger partial charge in [0.25, 0.3) is 5.91 Å². The van der Waals surface area contributed by atoms with E-state index in [1.807, 2.05) is 32.0 Å². The van der Waals surface area contributed by atoms with Crippen molar-refractivity contribution in [2.45, 2.75) is 46.4 Å². The van der Waals surface area contributed by atoms with Gasteiger partial charge in [0.1, 0.15) is 6.26 Å². The molecule has 1 heterocycles. The Labute approximate surface area is 166 Å². The molecule has 0 spiro atoms. The molecule has 0 atom stereocenters. The maximum absolute atomic E-state index is 12.1. The zero-order chi connectivity index (χ0) is 19.9. The van der Waals surface area contributed by atoms with E-state index in [0.29, 0.717) is 18.1 Å². The van der Waals surface area contributed by atoms with Crippen molar-refractivity contribution in [2.24, 2.45) is 0 Å². The van der Waals surface area contributed by atoms with Crippen LogP contribution in [0.25, 0.3) is 0 Å². The number of hydrogen-bond acceptors (Lipinski definition) is 4. The van der Waals surface area contributed by atoms with Gasteiger partial charge in [0.15, 0.2) is 5.69 Å². The minimum Gasteiger partial charge on any atom is -0.447 e. The summed E-state index contributed by atoms with van der Waals surface area (Å²) >= 11 is 0. The van der Waals surface area contributed by atoms with Crippen molar-refractivity contribution in [3.8, 4) is 0 Å². The minimum atomic E-state index is -0.210. The molecule has 0 saturated heterocycles. The van der Waals surface area contributed by atoms with Gasteiger partial charge in [-0.15, -0.1) is 0 Å². The summed E-state index contributed by atoms with van der Waals surface area (Å²) in [6.07, 6.45) is 1.43. The molecule has 0 aliphatic rings. The Balaban J connectivity index is 1.74. The second-order valence-corrected chi connectivity index (χ2v) is 7.37. The third-order valence-electron chi connectivity index (χ3n) is 4.34. The van der Waals surface area contributed by atoms with Crippen molar-refractivity contribution in [3.63, 3.8) is 0 Å². The van der Waals surface area contributed by atoms with Crippen molar-refractivity contribution in [1.29, 1.82) is 0 Å². The molecule has 0 fully saturated rings. The summed E-state index contributed by atoms with van der Waals surface area (Å²) in [5.74, 6) is 0.329. The summed E-state index contributed by atoms with van der Waals surface area (Å²) in [4.78, 5) is 18.8. The molecule has 3 rings (SSSR count). The monoisotopic (exact) mass is 377 g/mol. The largest absolute Gasteiger partial charge is 0.447 e. The van der Waals surface area contributed by atoms with Crippen LogP contribution in [0.5, 0.6) is 0 Å². The highest BCUT2D eigenvalue weighted by atomic mass is 16.3. The fraction of sp³-hybridized carbons (Fsp3) is 0.304. The van der Waals surface area contributed by atoms with E-state index in [4.69, 9.17) is 4.42 Å². The van der Waals surface area contributed by atoms with E-state index in [1.165, 1.54) is 23.0 Å². The number of hydrogen-bond donors (Lipinski definition) is 1. The highest BCUT2D eigenvalue weighted by molar-refractivity contribution is 5.92. The first-order valence-electron chi connectivity index (χ1n) is 9.56. The number of carbonyl (C=O) groups excluding carboxylic acids is 1. The molecule has 146 valence electrons. The molecule has 0 aliphatic carbocycles. The second-order valence-electron chi connectivity index (χ2n) is 7.37. The SMILES string of the molecule is Cc1ccc(CN(Cc2ccccc2)Cc2nc(C(=O)NC(C)C)co2)cc1. The van der Waals surface area contributed by atoms with E-state index < -0.39 is 0 Å². The zero-order valence-corrected chi connectivity index (χ0v) is 16.7. The molecular formula is C23H27N3O2. The Morgan fingerprint density at radius 2 is 1.64 bits per heavy atom. The van der Waals surface area contributed by atoms with Crippen LogP contribution in [0.3, 0.4) is 0 Å². The van der Waals surface area contributed by atoms with Gasteiger partial charge in [0.2, 0.25) is 5.89 Å². The summed E-state index contributed by atoms with van der Waals surface area (Å²) in [6.45, 7) is 7.99. The number of oxazole rings is 1. The third-order valence-corrected chi connectivity index (χ3v) is 4.34. The van der Waals surface area contributed by atoms with Crippen molar-refractivity contribution in [1.82, 2.24) is 15.2 Å². The van der Waals surface area contributed by atoms with Gasteiger partial charge in [-0.2, -0.15) is 0 Å². The summed E-state index contributed by atoms with van der Waals surface area (Å²) in [5, 5.41) is 2.84. The van der Waals surface area contributed by atoms with E-state index in [9.17, 15) is 4.79 Å². The fourth-order valence-corrected chi connectivity index (χ4v) is 2.98. The first kappa shape index (κ1) is 19.8. The molecule has 5 nitrogen and oxygen atoms in total. The van der Waals surface area contributed by atoms with Gasteiger partial charge in [0, 0.05) is 19.1 Å². The van der Waals surface area contributed by atoms with Crippen molar-refractivity contribution in [2.75, 3.05) is 0 Å². The van der Waals surface area contributed by atoms with Gasteiger partial charge in [-0.25, -0.2) is 4.98 Å². The number of benzene rings is 2. The van der Waals surface area contributed by atoms with Crippen LogP contribution in [0.4, 0.5) is 0 Å². The van der Waals surface area contributed by atoms with Crippen LogP contribution in [0.15, 0.2) is 65.3 Å². The Morgan fingerprint density at radius 1 is 1.00 bits per heavy atom. The van der Waals surface area contributed by atoms with E-state index >= 15 is 0 Å². The normalized spacial score (nSPS) is 11.2. The molecule has 0 bridgehead atoms. The van der Waals surface area contributed by atoms with E-state index in [2.05, 4.69) is 58.5 Å². The molecule has 1 N–H and O–H groups in total. The maximum atomic E-state index is 12.1. The smallest absolute Gasteiger partial charge is 0.273 e. The van der Waals surface area contributed by atoms with E-state index in [1.54, 1.807) is 0 Å². The topological polar surface area (TPSA) is 58.4 Å². The van der Waals surface area contributed by atoms with E-state index in [0.717, 1.165) is 13.1 Å². The highest BCUT2D eigenvalue weighted by Gasteiger charge is 2.16. The molecule has 0 unspecified atom stereocenters. The predicted octanol–water partition coefficient (Wildman–Crippen LogP) is 4.32. The van der Waals surface area contributed by atoms with Crippen molar-refractivity contribution in [3.05, 3.63) is 89.1 Å². The number of aryl methyl sites for hydroxylation is 1. The third kappa shape index (κ3) is 5.79. The quantitative estimate of drug-likeness (QED) is 0.635. The molecular weight excluding hydrogens is 350 g/mol. The predicted molar refractivity (Wildman–Crippen MR) is 110 cm³/mol. The summed E-state index contributed by atoms with van der Waals surface area (Å²) in [7, 11) is 0. The highest BCUT2D eigenvalue weighted by Crippen LogP contribution is 2.15. The molecule has 5 heteroatoms. The van der Waals surface area contributed by atoms with Crippen LogP contribution in [-0.4, -0.2) is 21.8 Å². The lowest BCUT2D eigenvalue weighted by molar-refractivity contribution is 0.0938. The lowest BCUT2D eigenvalue weighted by Gasteiger charge is -2.21. The second kappa shape index (κ2) is 9.33. The lowest BCUT2D eigenvalue weighted by Crippen LogP contribution is -2.30. The number of rotatable bonds is 8. The lowest BCUT2D eigenvalue weighted by atomic mass is 10.1. The molecule has 0 aliphatic heterocycles. The first-order chi connectivity index (χ1) is 13.5. The van der Waals surface area contributed by atoms with Gasteiger partial charge in [0.05, 0.1) is 6.54 Å². The van der Waals surface area contributed by atoms with Gasteiger partial charge < -0.3 is 9.73 Å². The van der Waals surface area contributed by atoms with E-state index in [-0.39, 0.29) is 11.9 Å². The summed E-state index contributed by atoms with van der Waals surface area (Å²) in [5.41, 5.74) is 4.01. The van der Waals surface area contributed by atoms with Gasteiger partial charge in [-0.3, -0.25) is 9.69 Å². The average molecular weight is 377 g/mol. The number of nitrogens with zero attached hydrogens (tertiary/aromatic N) is 2. The van der Waals surface area contributed by atoms with Crippen LogP contribution in [0, 0.1) is 6.92 Å². The zero-order valence-electron chi connectivity index (χ0n) is 16.7. The van der Waals surface area contributed by atoms with Crippen LogP contribution in [-0.2, 0) is 19.6 Å². The Morgan fingerprint density at radius 3 is 2.29 bits per heavy atom. The molecule has 1 amide bonds. The first-order valence-corrected chi connectivity index (χ1v) is 9.56. The summed E-state index contributed by atoms with van der Waals surface area (Å²) in [6, 6.07) is 18.9.